The number of ether oxygens (including phenoxy) is 2. The number of nitrogens with zero attached hydrogens (tertiary/aromatic N) is 2. The van der Waals surface area contributed by atoms with Crippen LogP contribution >= 0.6 is 24.0 Å². The highest BCUT2D eigenvalue weighted by Gasteiger charge is 2.27. The van der Waals surface area contributed by atoms with Gasteiger partial charge in [0.05, 0.1) is 6.61 Å². The summed E-state index contributed by atoms with van der Waals surface area (Å²) in [5, 5.41) is 6.47. The van der Waals surface area contributed by atoms with Gasteiger partial charge in [0.1, 0.15) is 6.61 Å². The molecule has 6 nitrogen and oxygen atoms in total. The molecule has 0 radical (unpaired) electrons. The van der Waals surface area contributed by atoms with Gasteiger partial charge in [-0.2, -0.15) is 13.2 Å². The number of hydrogen-bond acceptors (Lipinski definition) is 4. The third kappa shape index (κ3) is 14.5. The van der Waals surface area contributed by atoms with E-state index in [1.54, 1.807) is 26.3 Å². The summed E-state index contributed by atoms with van der Waals surface area (Å²) in [5.41, 5.74) is 1.70. The zero-order valence-electron chi connectivity index (χ0n) is 17.2. The Balaban J connectivity index is 0.00000784. The molecule has 10 heteroatoms. The molecular formula is C19H32F3IN4O2. The number of halogens is 4. The van der Waals surface area contributed by atoms with Crippen molar-refractivity contribution in [3.63, 3.8) is 0 Å². The molecule has 0 fully saturated rings. The van der Waals surface area contributed by atoms with E-state index in [4.69, 9.17) is 4.74 Å². The van der Waals surface area contributed by atoms with Crippen LogP contribution in [-0.2, 0) is 22.6 Å². The number of nitrogens with one attached hydrogen (secondary N) is 2. The summed E-state index contributed by atoms with van der Waals surface area (Å²) >= 11 is 0. The fraction of sp³-hybridized carbons (Fsp3) is 0.632. The third-order valence-electron chi connectivity index (χ3n) is 3.92. The fourth-order valence-electron chi connectivity index (χ4n) is 2.40. The summed E-state index contributed by atoms with van der Waals surface area (Å²) in [6.07, 6.45) is -3.30. The van der Waals surface area contributed by atoms with Gasteiger partial charge in [0.2, 0.25) is 0 Å². The molecule has 0 saturated heterocycles. The highest BCUT2D eigenvalue weighted by atomic mass is 127. The van der Waals surface area contributed by atoms with Gasteiger partial charge >= 0.3 is 6.18 Å². The SMILES string of the molecule is CN=C(NCCN(C)CCCOC)NCc1ccc(COCC(F)(F)F)cc1.I. The van der Waals surface area contributed by atoms with Crippen molar-refractivity contribution in [2.24, 2.45) is 4.99 Å². The fourth-order valence-corrected chi connectivity index (χ4v) is 2.40. The molecule has 0 aliphatic heterocycles. The first-order chi connectivity index (χ1) is 13.3. The van der Waals surface area contributed by atoms with E-state index in [2.05, 4.69) is 32.3 Å². The molecule has 1 rings (SSSR count). The molecule has 1 aromatic rings. The molecular weight excluding hydrogens is 500 g/mol. The Morgan fingerprint density at radius 1 is 1.10 bits per heavy atom. The average molecular weight is 532 g/mol. The number of aliphatic imine (C=N–C) groups is 1. The average Bonchev–Trinajstić information content (AvgIpc) is 2.65. The normalized spacial score (nSPS) is 12.0. The molecule has 0 spiro atoms. The second-order valence-corrected chi connectivity index (χ2v) is 6.43. The molecule has 0 bridgehead atoms. The first-order valence-corrected chi connectivity index (χ1v) is 9.18. The molecule has 1 aromatic carbocycles. The van der Waals surface area contributed by atoms with Crippen LogP contribution in [-0.4, -0.2) is 71.1 Å². The van der Waals surface area contributed by atoms with Crippen molar-refractivity contribution in [2.45, 2.75) is 25.7 Å². The Labute approximate surface area is 188 Å². The molecule has 0 heterocycles. The topological polar surface area (TPSA) is 58.1 Å². The number of hydrogen-bond donors (Lipinski definition) is 2. The number of benzene rings is 1. The minimum Gasteiger partial charge on any atom is -0.385 e. The van der Waals surface area contributed by atoms with E-state index in [9.17, 15) is 13.2 Å². The second kappa shape index (κ2) is 15.7. The van der Waals surface area contributed by atoms with Gasteiger partial charge in [-0.05, 0) is 24.6 Å². The lowest BCUT2D eigenvalue weighted by molar-refractivity contribution is -0.176. The summed E-state index contributed by atoms with van der Waals surface area (Å²) in [6.45, 7) is 2.64. The summed E-state index contributed by atoms with van der Waals surface area (Å²) in [7, 11) is 5.47. The van der Waals surface area contributed by atoms with E-state index < -0.39 is 12.8 Å². The number of methoxy groups -OCH3 is 1. The van der Waals surface area contributed by atoms with Crippen molar-refractivity contribution in [3.8, 4) is 0 Å². The first-order valence-electron chi connectivity index (χ1n) is 9.18. The standard InChI is InChI=1S/C19H31F3N4O2.HI/c1-23-18(24-9-11-26(2)10-4-12-27-3)25-13-16-5-7-17(8-6-16)14-28-15-19(20,21)22;/h5-8H,4,9-15H2,1-3H3,(H2,23,24,25);1H. The Morgan fingerprint density at radius 3 is 2.34 bits per heavy atom. The minimum absolute atomic E-state index is 0. The van der Waals surface area contributed by atoms with Crippen molar-refractivity contribution in [1.82, 2.24) is 15.5 Å². The maximum atomic E-state index is 12.1. The molecule has 0 atom stereocenters. The van der Waals surface area contributed by atoms with Crippen molar-refractivity contribution in [3.05, 3.63) is 35.4 Å². The molecule has 0 aromatic heterocycles. The van der Waals surface area contributed by atoms with Crippen LogP contribution in [0.4, 0.5) is 13.2 Å². The van der Waals surface area contributed by atoms with E-state index in [0.29, 0.717) is 18.1 Å². The van der Waals surface area contributed by atoms with Crippen molar-refractivity contribution in [1.29, 1.82) is 0 Å². The minimum atomic E-state index is -4.30. The maximum Gasteiger partial charge on any atom is 0.411 e. The Morgan fingerprint density at radius 2 is 1.76 bits per heavy atom. The van der Waals surface area contributed by atoms with E-state index in [1.165, 1.54) is 0 Å². The predicted octanol–water partition coefficient (Wildman–Crippen LogP) is 3.02. The lowest BCUT2D eigenvalue weighted by atomic mass is 10.1. The van der Waals surface area contributed by atoms with Crippen LogP contribution < -0.4 is 10.6 Å². The van der Waals surface area contributed by atoms with Gasteiger partial charge in [-0.25, -0.2) is 0 Å². The zero-order valence-corrected chi connectivity index (χ0v) is 19.5. The van der Waals surface area contributed by atoms with Crippen LogP contribution in [0.3, 0.4) is 0 Å². The predicted molar refractivity (Wildman–Crippen MR) is 120 cm³/mol. The Bertz CT molecular complexity index is 572. The highest BCUT2D eigenvalue weighted by molar-refractivity contribution is 14.0. The third-order valence-corrected chi connectivity index (χ3v) is 3.92. The summed E-state index contributed by atoms with van der Waals surface area (Å²) in [6, 6.07) is 7.24. The van der Waals surface area contributed by atoms with Crippen LogP contribution in [0, 0.1) is 0 Å². The van der Waals surface area contributed by atoms with Crippen molar-refractivity contribution < 1.29 is 22.6 Å². The number of guanidine groups is 1. The number of alkyl halides is 3. The molecule has 0 unspecified atom stereocenters. The molecule has 0 saturated carbocycles. The van der Waals surface area contributed by atoms with Crippen LogP contribution in [0.2, 0.25) is 0 Å². The summed E-state index contributed by atoms with van der Waals surface area (Å²) < 4.78 is 45.9. The van der Waals surface area contributed by atoms with Crippen molar-refractivity contribution in [2.75, 3.05) is 54.1 Å². The summed E-state index contributed by atoms with van der Waals surface area (Å²) in [5.74, 6) is 0.697. The lowest BCUT2D eigenvalue weighted by Crippen LogP contribution is -2.40. The maximum absolute atomic E-state index is 12.1. The smallest absolute Gasteiger partial charge is 0.385 e. The van der Waals surface area contributed by atoms with Crippen LogP contribution in [0.5, 0.6) is 0 Å². The van der Waals surface area contributed by atoms with Gasteiger partial charge in [0.15, 0.2) is 5.96 Å². The molecule has 0 aliphatic rings. The van der Waals surface area contributed by atoms with E-state index in [0.717, 1.165) is 38.2 Å². The quantitative estimate of drug-likeness (QED) is 0.188. The first kappa shape index (κ1) is 27.9. The van der Waals surface area contributed by atoms with Gasteiger partial charge in [0, 0.05) is 46.9 Å². The highest BCUT2D eigenvalue weighted by Crippen LogP contribution is 2.15. The largest absolute Gasteiger partial charge is 0.411 e. The Kier molecular flexibility index (Phi) is 15.1. The van der Waals surface area contributed by atoms with Crippen LogP contribution in [0.1, 0.15) is 17.5 Å². The van der Waals surface area contributed by atoms with Gasteiger partial charge in [0.25, 0.3) is 0 Å². The molecule has 0 aliphatic carbocycles. The number of likely N-dealkylation sites (N-methyl/N-ethyl adjacent to an activating group) is 1. The summed E-state index contributed by atoms with van der Waals surface area (Å²) in [4.78, 5) is 6.41. The molecule has 2 N–H and O–H groups in total. The lowest BCUT2D eigenvalue weighted by Gasteiger charge is -2.18. The monoisotopic (exact) mass is 532 g/mol. The van der Waals surface area contributed by atoms with Crippen LogP contribution in [0.15, 0.2) is 29.3 Å². The van der Waals surface area contributed by atoms with Gasteiger partial charge < -0.3 is 25.0 Å². The molecule has 0 amide bonds. The van der Waals surface area contributed by atoms with E-state index in [-0.39, 0.29) is 30.6 Å². The van der Waals surface area contributed by atoms with Crippen LogP contribution in [0.25, 0.3) is 0 Å². The molecule has 168 valence electrons. The zero-order chi connectivity index (χ0) is 20.8. The molecule has 29 heavy (non-hydrogen) atoms. The van der Waals surface area contributed by atoms with Gasteiger partial charge in [-0.1, -0.05) is 24.3 Å². The van der Waals surface area contributed by atoms with Crippen molar-refractivity contribution >= 4 is 29.9 Å². The number of rotatable bonds is 12. The second-order valence-electron chi connectivity index (χ2n) is 6.43. The van der Waals surface area contributed by atoms with Gasteiger partial charge in [-0.15, -0.1) is 24.0 Å². The van der Waals surface area contributed by atoms with E-state index in [1.807, 2.05) is 12.1 Å². The Hall–Kier alpha value is -1.11. The van der Waals surface area contributed by atoms with E-state index >= 15 is 0 Å². The van der Waals surface area contributed by atoms with Gasteiger partial charge in [-0.3, -0.25) is 4.99 Å².